The topological polar surface area (TPSA) is 98.0 Å². The maximum atomic E-state index is 12.5. The van der Waals surface area contributed by atoms with E-state index in [-0.39, 0.29) is 17.3 Å². The average Bonchev–Trinajstić information content (AvgIpc) is 2.78. The van der Waals surface area contributed by atoms with Crippen LogP contribution in [0, 0.1) is 17.0 Å². The number of carbonyl (C=O) groups is 1. The lowest BCUT2D eigenvalue weighted by Gasteiger charge is -2.10. The third kappa shape index (κ3) is 5.28. The van der Waals surface area contributed by atoms with Crippen molar-refractivity contribution in [1.29, 1.82) is 0 Å². The van der Waals surface area contributed by atoms with Crippen molar-refractivity contribution < 1.29 is 9.72 Å². The van der Waals surface area contributed by atoms with Gasteiger partial charge in [-0.3, -0.25) is 14.9 Å². The van der Waals surface area contributed by atoms with Crippen molar-refractivity contribution in [2.45, 2.75) is 18.4 Å². The van der Waals surface area contributed by atoms with E-state index in [2.05, 4.69) is 5.32 Å². The summed E-state index contributed by atoms with van der Waals surface area (Å²) >= 11 is 1.30. The molecule has 0 bridgehead atoms. The van der Waals surface area contributed by atoms with Crippen LogP contribution < -0.4 is 5.32 Å². The Hall–Kier alpha value is -3.78. The molecule has 0 atom stereocenters. The van der Waals surface area contributed by atoms with Gasteiger partial charge >= 0.3 is 0 Å². The number of anilines is 1. The van der Waals surface area contributed by atoms with Crippen LogP contribution in [-0.4, -0.2) is 26.6 Å². The van der Waals surface area contributed by atoms with E-state index in [1.165, 1.54) is 23.9 Å². The van der Waals surface area contributed by atoms with Crippen LogP contribution in [0.2, 0.25) is 0 Å². The first-order chi connectivity index (χ1) is 15.5. The van der Waals surface area contributed by atoms with Gasteiger partial charge in [-0.25, -0.2) is 9.97 Å². The van der Waals surface area contributed by atoms with E-state index in [0.29, 0.717) is 17.1 Å². The Kier molecular flexibility index (Phi) is 6.42. The minimum atomic E-state index is -0.416. The Morgan fingerprint density at radius 2 is 1.75 bits per heavy atom. The Bertz CT molecular complexity index is 1310. The van der Waals surface area contributed by atoms with Crippen molar-refractivity contribution in [3.8, 4) is 0 Å². The normalized spacial score (nSPS) is 10.8. The Morgan fingerprint density at radius 1 is 1.00 bits per heavy atom. The fourth-order valence-electron chi connectivity index (χ4n) is 3.28. The van der Waals surface area contributed by atoms with Crippen LogP contribution in [0.25, 0.3) is 11.0 Å². The lowest BCUT2D eigenvalue weighted by Crippen LogP contribution is -2.14. The highest BCUT2D eigenvalue weighted by Gasteiger charge is 2.14. The van der Waals surface area contributed by atoms with Crippen LogP contribution in [0.5, 0.6) is 0 Å². The minimum Gasteiger partial charge on any atom is -0.325 e. The largest absolute Gasteiger partial charge is 0.325 e. The summed E-state index contributed by atoms with van der Waals surface area (Å²) in [7, 11) is 0. The molecule has 1 N–H and O–H groups in total. The van der Waals surface area contributed by atoms with Crippen molar-refractivity contribution in [1.82, 2.24) is 9.97 Å². The Balaban J connectivity index is 1.57. The molecule has 32 heavy (non-hydrogen) atoms. The number of non-ortho nitro benzene ring substituents is 1. The van der Waals surface area contributed by atoms with Crippen LogP contribution in [0.4, 0.5) is 11.4 Å². The van der Waals surface area contributed by atoms with Crippen molar-refractivity contribution in [3.05, 3.63) is 99.7 Å². The van der Waals surface area contributed by atoms with Crippen LogP contribution in [0.15, 0.2) is 77.8 Å². The van der Waals surface area contributed by atoms with Gasteiger partial charge in [-0.2, -0.15) is 0 Å². The Morgan fingerprint density at radius 3 is 2.50 bits per heavy atom. The Labute approximate surface area is 189 Å². The van der Waals surface area contributed by atoms with Gasteiger partial charge in [0.1, 0.15) is 5.03 Å². The number of benzene rings is 3. The molecule has 0 saturated carbocycles. The second-order valence-electron chi connectivity index (χ2n) is 7.27. The molecular weight excluding hydrogens is 424 g/mol. The summed E-state index contributed by atoms with van der Waals surface area (Å²) in [5, 5.41) is 14.7. The number of aryl methyl sites for hydroxylation is 1. The van der Waals surface area contributed by atoms with Gasteiger partial charge in [-0.15, -0.1) is 0 Å². The fraction of sp³-hybridized carbons (Fsp3) is 0.125. The molecule has 0 aliphatic rings. The standard InChI is InChI=1S/C24H20N4O3S/c1-16-6-4-8-18(12-16)25-23(29)15-32-24-22(26-20-10-2-3-11-21(20)27-24)14-17-7-5-9-19(13-17)28(30)31/h2-13H,14-15H2,1H3,(H,25,29). The maximum Gasteiger partial charge on any atom is 0.269 e. The van der Waals surface area contributed by atoms with Gasteiger partial charge in [-0.05, 0) is 42.3 Å². The van der Waals surface area contributed by atoms with E-state index in [1.54, 1.807) is 6.07 Å². The van der Waals surface area contributed by atoms with Crippen molar-refractivity contribution in [2.75, 3.05) is 11.1 Å². The fourth-order valence-corrected chi connectivity index (χ4v) is 4.07. The second kappa shape index (κ2) is 9.57. The molecule has 0 aliphatic heterocycles. The molecule has 0 fully saturated rings. The molecule has 7 nitrogen and oxygen atoms in total. The molecule has 0 unspecified atom stereocenters. The number of carbonyl (C=O) groups excluding carboxylic acids is 1. The third-order valence-electron chi connectivity index (χ3n) is 4.74. The van der Waals surface area contributed by atoms with Crippen LogP contribution >= 0.6 is 11.8 Å². The number of nitrogens with zero attached hydrogens (tertiary/aromatic N) is 3. The predicted molar refractivity (Wildman–Crippen MR) is 126 cm³/mol. The van der Waals surface area contributed by atoms with Crippen molar-refractivity contribution >= 4 is 40.1 Å². The van der Waals surface area contributed by atoms with Crippen LogP contribution in [-0.2, 0) is 11.2 Å². The highest BCUT2D eigenvalue weighted by atomic mass is 32.2. The van der Waals surface area contributed by atoms with Gasteiger partial charge in [0.05, 0.1) is 27.4 Å². The van der Waals surface area contributed by atoms with Gasteiger partial charge < -0.3 is 5.32 Å². The summed E-state index contributed by atoms with van der Waals surface area (Å²) in [6.07, 6.45) is 0.376. The molecule has 4 rings (SSSR count). The lowest BCUT2D eigenvalue weighted by atomic mass is 10.1. The monoisotopic (exact) mass is 444 g/mol. The average molecular weight is 445 g/mol. The number of thioether (sulfide) groups is 1. The summed E-state index contributed by atoms with van der Waals surface area (Å²) in [5.74, 6) is 0.0277. The molecule has 1 amide bonds. The van der Waals surface area contributed by atoms with E-state index in [1.807, 2.05) is 61.5 Å². The van der Waals surface area contributed by atoms with Crippen molar-refractivity contribution in [3.63, 3.8) is 0 Å². The number of amides is 1. The molecule has 160 valence electrons. The number of nitro benzene ring substituents is 1. The van der Waals surface area contributed by atoms with E-state index < -0.39 is 4.92 Å². The molecule has 4 aromatic rings. The van der Waals surface area contributed by atoms with Gasteiger partial charge in [0, 0.05) is 24.2 Å². The SMILES string of the molecule is Cc1cccc(NC(=O)CSc2nc3ccccc3nc2Cc2cccc([N+](=O)[O-])c2)c1. The third-order valence-corrected chi connectivity index (χ3v) is 5.75. The van der Waals surface area contributed by atoms with Gasteiger partial charge in [0.2, 0.25) is 5.91 Å². The van der Waals surface area contributed by atoms with Gasteiger partial charge in [-0.1, -0.05) is 48.2 Å². The number of rotatable bonds is 7. The van der Waals surface area contributed by atoms with Crippen molar-refractivity contribution in [2.24, 2.45) is 0 Å². The number of hydrogen-bond donors (Lipinski definition) is 1. The number of aromatic nitrogens is 2. The quantitative estimate of drug-likeness (QED) is 0.240. The molecule has 0 spiro atoms. The van der Waals surface area contributed by atoms with Crippen LogP contribution in [0.1, 0.15) is 16.8 Å². The summed E-state index contributed by atoms with van der Waals surface area (Å²) in [6, 6.07) is 21.6. The zero-order chi connectivity index (χ0) is 22.5. The molecule has 1 aromatic heterocycles. The first-order valence-corrected chi connectivity index (χ1v) is 10.9. The zero-order valence-corrected chi connectivity index (χ0v) is 18.1. The van der Waals surface area contributed by atoms with Crippen LogP contribution in [0.3, 0.4) is 0 Å². The molecule has 0 radical (unpaired) electrons. The number of fused-ring (bicyclic) bond motifs is 1. The summed E-state index contributed by atoms with van der Waals surface area (Å²) in [5.41, 5.74) is 4.75. The minimum absolute atomic E-state index is 0.0305. The molecule has 0 saturated heterocycles. The van der Waals surface area contributed by atoms with Gasteiger partial charge in [0.25, 0.3) is 5.69 Å². The number of nitro groups is 1. The first kappa shape index (κ1) is 21.5. The highest BCUT2D eigenvalue weighted by molar-refractivity contribution is 8.00. The van der Waals surface area contributed by atoms with E-state index in [4.69, 9.17) is 9.97 Å². The number of hydrogen-bond acceptors (Lipinski definition) is 6. The molecule has 3 aromatic carbocycles. The molecule has 0 aliphatic carbocycles. The summed E-state index contributed by atoms with van der Waals surface area (Å²) < 4.78 is 0. The molecule has 1 heterocycles. The summed E-state index contributed by atoms with van der Waals surface area (Å²) in [4.78, 5) is 32.6. The van der Waals surface area contributed by atoms with E-state index in [0.717, 1.165) is 27.8 Å². The van der Waals surface area contributed by atoms with E-state index >= 15 is 0 Å². The summed E-state index contributed by atoms with van der Waals surface area (Å²) in [6.45, 7) is 1.97. The molecule has 8 heteroatoms. The van der Waals surface area contributed by atoms with Gasteiger partial charge in [0.15, 0.2) is 0 Å². The predicted octanol–water partition coefficient (Wildman–Crippen LogP) is 5.17. The lowest BCUT2D eigenvalue weighted by molar-refractivity contribution is -0.384. The highest BCUT2D eigenvalue weighted by Crippen LogP contribution is 2.26. The van der Waals surface area contributed by atoms with E-state index in [9.17, 15) is 14.9 Å². The molecular formula is C24H20N4O3S. The second-order valence-corrected chi connectivity index (χ2v) is 8.24. The maximum absolute atomic E-state index is 12.5. The smallest absolute Gasteiger partial charge is 0.269 e. The first-order valence-electron chi connectivity index (χ1n) is 9.96. The zero-order valence-electron chi connectivity index (χ0n) is 17.3. The number of nitrogens with one attached hydrogen (secondary N) is 1. The number of para-hydroxylation sites is 2.